The second kappa shape index (κ2) is 7.80. The van der Waals surface area contributed by atoms with Crippen molar-refractivity contribution in [1.29, 1.82) is 0 Å². The van der Waals surface area contributed by atoms with Gasteiger partial charge in [-0.2, -0.15) is 0 Å². The number of hydrogen-bond acceptors (Lipinski definition) is 2. The van der Waals surface area contributed by atoms with Crippen LogP contribution in [0.25, 0.3) is 10.9 Å². The van der Waals surface area contributed by atoms with Gasteiger partial charge in [0.25, 0.3) is 0 Å². The van der Waals surface area contributed by atoms with Crippen LogP contribution < -0.4 is 4.90 Å². The first-order valence-electron chi connectivity index (χ1n) is 9.38. The zero-order chi connectivity index (χ0) is 20.4. The molecule has 0 aliphatic rings. The molecular formula is C24H21FN2O2. The monoisotopic (exact) mass is 388 g/mol. The summed E-state index contributed by atoms with van der Waals surface area (Å²) in [5.74, 6) is -1.11. The molecular weight excluding hydrogens is 367 g/mol. The van der Waals surface area contributed by atoms with Gasteiger partial charge in [0.15, 0.2) is 0 Å². The average Bonchev–Trinajstić information content (AvgIpc) is 3.05. The van der Waals surface area contributed by atoms with E-state index in [1.165, 1.54) is 6.07 Å². The number of aliphatic carboxylic acids is 1. The second-order valence-corrected chi connectivity index (χ2v) is 7.05. The van der Waals surface area contributed by atoms with Crippen molar-refractivity contribution in [3.8, 4) is 0 Å². The number of para-hydroxylation sites is 2. The first-order chi connectivity index (χ1) is 14.0. The Morgan fingerprint density at radius 2 is 1.79 bits per heavy atom. The Hall–Kier alpha value is -3.60. The summed E-state index contributed by atoms with van der Waals surface area (Å²) in [6.07, 6.45) is 1.90. The summed E-state index contributed by atoms with van der Waals surface area (Å²) in [7, 11) is 1.84. The van der Waals surface area contributed by atoms with Gasteiger partial charge in [-0.15, -0.1) is 0 Å². The van der Waals surface area contributed by atoms with Crippen molar-refractivity contribution in [2.75, 3.05) is 11.9 Å². The van der Waals surface area contributed by atoms with Crippen LogP contribution in [0.4, 0.5) is 15.8 Å². The lowest BCUT2D eigenvalue weighted by Crippen LogP contribution is -2.11. The summed E-state index contributed by atoms with van der Waals surface area (Å²) >= 11 is 0. The molecule has 0 saturated heterocycles. The fraction of sp³-hybridized carbons (Fsp3) is 0.125. The highest BCUT2D eigenvalue weighted by atomic mass is 19.1. The average molecular weight is 388 g/mol. The normalized spacial score (nSPS) is 11.0. The van der Waals surface area contributed by atoms with Crippen LogP contribution in [0.15, 0.2) is 79.0 Å². The minimum Gasteiger partial charge on any atom is -0.481 e. The number of hydrogen-bond donors (Lipinski definition) is 1. The maximum absolute atomic E-state index is 14.2. The van der Waals surface area contributed by atoms with Crippen molar-refractivity contribution in [3.05, 3.63) is 95.9 Å². The Balaban J connectivity index is 1.67. The van der Waals surface area contributed by atoms with Gasteiger partial charge in [0.1, 0.15) is 5.82 Å². The summed E-state index contributed by atoms with van der Waals surface area (Å²) < 4.78 is 16.2. The van der Waals surface area contributed by atoms with Gasteiger partial charge in [-0.3, -0.25) is 4.79 Å². The van der Waals surface area contributed by atoms with Crippen LogP contribution in [0.2, 0.25) is 0 Å². The Bertz CT molecular complexity index is 1180. The van der Waals surface area contributed by atoms with Crippen LogP contribution in [-0.2, 0) is 17.8 Å². The highest BCUT2D eigenvalue weighted by molar-refractivity contribution is 5.87. The van der Waals surface area contributed by atoms with Crippen molar-refractivity contribution >= 4 is 28.2 Å². The number of nitrogens with zero attached hydrogens (tertiary/aromatic N) is 2. The number of carboxylic acid groups (broad SMARTS) is 1. The van der Waals surface area contributed by atoms with Crippen LogP contribution in [-0.4, -0.2) is 22.7 Å². The molecule has 3 aromatic carbocycles. The van der Waals surface area contributed by atoms with Gasteiger partial charge in [-0.1, -0.05) is 42.5 Å². The van der Waals surface area contributed by atoms with E-state index in [2.05, 4.69) is 4.57 Å². The lowest BCUT2D eigenvalue weighted by atomic mass is 10.1. The van der Waals surface area contributed by atoms with Crippen molar-refractivity contribution in [3.63, 3.8) is 0 Å². The van der Waals surface area contributed by atoms with Crippen molar-refractivity contribution in [1.82, 2.24) is 4.57 Å². The predicted octanol–water partition coefficient (Wildman–Crippen LogP) is 5.22. The van der Waals surface area contributed by atoms with Gasteiger partial charge >= 0.3 is 5.97 Å². The third kappa shape index (κ3) is 3.85. The fourth-order valence-electron chi connectivity index (χ4n) is 3.68. The van der Waals surface area contributed by atoms with Crippen LogP contribution in [0, 0.1) is 5.82 Å². The van der Waals surface area contributed by atoms with Gasteiger partial charge in [-0.05, 0) is 41.5 Å². The van der Waals surface area contributed by atoms with Crippen LogP contribution in [0.1, 0.15) is 11.1 Å². The van der Waals surface area contributed by atoms with Gasteiger partial charge in [0.05, 0.1) is 12.1 Å². The van der Waals surface area contributed by atoms with E-state index in [0.717, 1.165) is 27.7 Å². The summed E-state index contributed by atoms with van der Waals surface area (Å²) in [6, 6.07) is 22.4. The molecule has 29 heavy (non-hydrogen) atoms. The lowest BCUT2D eigenvalue weighted by molar-refractivity contribution is -0.136. The standard InChI is InChI=1S/C24H21FN2O2/c1-26(23-12-5-3-10-21(23)25)19-8-6-7-17(13-19)15-27-16-18(14-24(28)29)20-9-2-4-11-22(20)27/h2-13,16H,14-15H2,1H3,(H,28,29). The number of benzene rings is 3. The number of rotatable bonds is 6. The highest BCUT2D eigenvalue weighted by Crippen LogP contribution is 2.28. The molecule has 0 fully saturated rings. The molecule has 1 N–H and O–H groups in total. The summed E-state index contributed by atoms with van der Waals surface area (Å²) in [5, 5.41) is 10.2. The largest absolute Gasteiger partial charge is 0.481 e. The van der Waals surface area contributed by atoms with Gasteiger partial charge in [0.2, 0.25) is 0 Å². The predicted molar refractivity (Wildman–Crippen MR) is 113 cm³/mol. The Morgan fingerprint density at radius 1 is 1.03 bits per heavy atom. The number of anilines is 2. The van der Waals surface area contributed by atoms with E-state index in [9.17, 15) is 14.3 Å². The van der Waals surface area contributed by atoms with Crippen LogP contribution in [0.3, 0.4) is 0 Å². The SMILES string of the molecule is CN(c1cccc(Cn2cc(CC(=O)O)c3ccccc32)c1)c1ccccc1F. The zero-order valence-corrected chi connectivity index (χ0v) is 16.0. The Kier molecular flexibility index (Phi) is 5.04. The Morgan fingerprint density at radius 3 is 2.59 bits per heavy atom. The first kappa shape index (κ1) is 18.7. The third-order valence-electron chi connectivity index (χ3n) is 5.08. The van der Waals surface area contributed by atoms with E-state index in [4.69, 9.17) is 0 Å². The van der Waals surface area contributed by atoms with E-state index in [0.29, 0.717) is 12.2 Å². The number of halogens is 1. The molecule has 0 aliphatic heterocycles. The maximum atomic E-state index is 14.2. The number of aromatic nitrogens is 1. The molecule has 0 bridgehead atoms. The lowest BCUT2D eigenvalue weighted by Gasteiger charge is -2.21. The number of carboxylic acids is 1. The molecule has 1 heterocycles. The molecule has 0 spiro atoms. The molecule has 0 aliphatic carbocycles. The molecule has 0 amide bonds. The van der Waals surface area contributed by atoms with Crippen molar-refractivity contribution in [2.24, 2.45) is 0 Å². The number of fused-ring (bicyclic) bond motifs is 1. The van der Waals surface area contributed by atoms with E-state index < -0.39 is 5.97 Å². The van der Waals surface area contributed by atoms with E-state index in [1.807, 2.05) is 72.7 Å². The van der Waals surface area contributed by atoms with Gasteiger partial charge in [-0.25, -0.2) is 4.39 Å². The highest BCUT2D eigenvalue weighted by Gasteiger charge is 2.13. The minimum atomic E-state index is -0.846. The molecule has 0 atom stereocenters. The fourth-order valence-corrected chi connectivity index (χ4v) is 3.68. The van der Waals surface area contributed by atoms with Crippen LogP contribution in [0.5, 0.6) is 0 Å². The minimum absolute atomic E-state index is 0.0103. The van der Waals surface area contributed by atoms with E-state index in [1.54, 1.807) is 12.1 Å². The molecule has 4 aromatic rings. The van der Waals surface area contributed by atoms with Crippen molar-refractivity contribution in [2.45, 2.75) is 13.0 Å². The first-order valence-corrected chi connectivity index (χ1v) is 9.38. The van der Waals surface area contributed by atoms with Gasteiger partial charge < -0.3 is 14.6 Å². The van der Waals surface area contributed by atoms with Crippen LogP contribution >= 0.6 is 0 Å². The molecule has 4 rings (SSSR count). The maximum Gasteiger partial charge on any atom is 0.307 e. The molecule has 4 nitrogen and oxygen atoms in total. The topological polar surface area (TPSA) is 45.5 Å². The van der Waals surface area contributed by atoms with Crippen molar-refractivity contribution < 1.29 is 14.3 Å². The Labute approximate surface area is 168 Å². The zero-order valence-electron chi connectivity index (χ0n) is 16.0. The third-order valence-corrected chi connectivity index (χ3v) is 5.08. The number of carbonyl (C=O) groups is 1. The van der Waals surface area contributed by atoms with E-state index in [-0.39, 0.29) is 12.2 Å². The quantitative estimate of drug-likeness (QED) is 0.492. The molecule has 0 radical (unpaired) electrons. The second-order valence-electron chi connectivity index (χ2n) is 7.05. The van der Waals surface area contributed by atoms with E-state index >= 15 is 0 Å². The smallest absolute Gasteiger partial charge is 0.307 e. The molecule has 1 aromatic heterocycles. The molecule has 0 saturated carbocycles. The summed E-state index contributed by atoms with van der Waals surface area (Å²) in [5.41, 5.74) is 4.24. The molecule has 0 unspecified atom stereocenters. The molecule has 5 heteroatoms. The summed E-state index contributed by atoms with van der Waals surface area (Å²) in [6.45, 7) is 0.596. The molecule has 146 valence electrons. The summed E-state index contributed by atoms with van der Waals surface area (Å²) in [4.78, 5) is 13.0. The van der Waals surface area contributed by atoms with Gasteiger partial charge in [0, 0.05) is 36.4 Å².